The van der Waals surface area contributed by atoms with Crippen molar-refractivity contribution in [2.45, 2.75) is 274 Å². The molecule has 2 fully saturated rings. The first-order chi connectivity index (χ1) is 40.6. The van der Waals surface area contributed by atoms with Crippen molar-refractivity contribution in [3.05, 3.63) is 122 Å². The molecule has 2 aliphatic rings. The first kappa shape index (κ1) is 75.5. The summed E-state index contributed by atoms with van der Waals surface area (Å²) in [5, 5.41) is 72.5. The highest BCUT2D eigenvalue weighted by atomic mass is 16.7. The highest BCUT2D eigenvalue weighted by Gasteiger charge is 2.47. The Morgan fingerprint density at radius 1 is 0.398 bits per heavy atom. The fourth-order valence-electron chi connectivity index (χ4n) is 9.40. The van der Waals surface area contributed by atoms with Crippen LogP contribution in [0.3, 0.4) is 0 Å². The Morgan fingerprint density at radius 3 is 1.17 bits per heavy atom. The molecule has 0 saturated carbocycles. The third kappa shape index (κ3) is 39.7. The quantitative estimate of drug-likeness (QED) is 0.0172. The minimum atomic E-state index is -1.72. The Morgan fingerprint density at radius 2 is 0.747 bits per heavy atom. The van der Waals surface area contributed by atoms with Gasteiger partial charge in [-0.15, -0.1) is 0 Å². The molecule has 0 aromatic carbocycles. The van der Waals surface area contributed by atoms with Gasteiger partial charge in [-0.3, -0.25) is 4.79 Å². The van der Waals surface area contributed by atoms with Gasteiger partial charge in [0.2, 0.25) is 0 Å². The maximum Gasteiger partial charge on any atom is 0.306 e. The number of ether oxygens (including phenoxy) is 6. The number of rotatable bonds is 51. The van der Waals surface area contributed by atoms with Crippen LogP contribution in [-0.4, -0.2) is 142 Å². The molecule has 2 saturated heterocycles. The van der Waals surface area contributed by atoms with Gasteiger partial charge in [0, 0.05) is 13.0 Å². The van der Waals surface area contributed by atoms with Crippen LogP contribution >= 0.6 is 0 Å². The first-order valence-electron chi connectivity index (χ1n) is 32.1. The lowest BCUT2D eigenvalue weighted by Gasteiger charge is -2.42. The van der Waals surface area contributed by atoms with E-state index in [-0.39, 0.29) is 19.6 Å². The molecule has 11 unspecified atom stereocenters. The fourth-order valence-corrected chi connectivity index (χ4v) is 9.40. The molecule has 7 N–H and O–H groups in total. The molecule has 83 heavy (non-hydrogen) atoms. The van der Waals surface area contributed by atoms with Gasteiger partial charge in [0.15, 0.2) is 12.6 Å². The average Bonchev–Trinajstić information content (AvgIpc) is 3.49. The van der Waals surface area contributed by atoms with Crippen molar-refractivity contribution in [1.29, 1.82) is 0 Å². The minimum Gasteiger partial charge on any atom is -0.457 e. The summed E-state index contributed by atoms with van der Waals surface area (Å²) in [4.78, 5) is 13.1. The number of unbranched alkanes of at least 4 members (excludes halogenated alkanes) is 17. The predicted molar refractivity (Wildman–Crippen MR) is 334 cm³/mol. The third-order valence-corrected chi connectivity index (χ3v) is 14.5. The van der Waals surface area contributed by atoms with Gasteiger partial charge in [-0.05, 0) is 103 Å². The van der Waals surface area contributed by atoms with Crippen molar-refractivity contribution in [1.82, 2.24) is 0 Å². The van der Waals surface area contributed by atoms with Gasteiger partial charge >= 0.3 is 5.97 Å². The summed E-state index contributed by atoms with van der Waals surface area (Å²) in [6.45, 7) is 3.42. The van der Waals surface area contributed by atoms with Gasteiger partial charge in [-0.1, -0.05) is 219 Å². The molecule has 2 aliphatic heterocycles. The van der Waals surface area contributed by atoms with Gasteiger partial charge in [0.1, 0.15) is 54.9 Å². The van der Waals surface area contributed by atoms with Crippen LogP contribution in [0.15, 0.2) is 122 Å². The zero-order valence-corrected chi connectivity index (χ0v) is 51.1. The fraction of sp³-hybridized carbons (Fsp3) is 0.696. The van der Waals surface area contributed by atoms with E-state index < -0.39 is 86.7 Å². The molecule has 14 heteroatoms. The molecule has 0 aromatic rings. The van der Waals surface area contributed by atoms with E-state index in [1.54, 1.807) is 0 Å². The Balaban J connectivity index is 1.69. The van der Waals surface area contributed by atoms with E-state index in [1.807, 2.05) is 0 Å². The van der Waals surface area contributed by atoms with E-state index in [0.29, 0.717) is 13.0 Å². The van der Waals surface area contributed by atoms with Crippen LogP contribution in [0.5, 0.6) is 0 Å². The van der Waals surface area contributed by atoms with Crippen molar-refractivity contribution < 1.29 is 69.0 Å². The highest BCUT2D eigenvalue weighted by molar-refractivity contribution is 5.69. The Kier molecular flexibility index (Phi) is 49.0. The largest absolute Gasteiger partial charge is 0.457 e. The van der Waals surface area contributed by atoms with E-state index in [0.717, 1.165) is 109 Å². The Hall–Kier alpha value is -3.61. The van der Waals surface area contributed by atoms with Gasteiger partial charge in [0.05, 0.1) is 26.4 Å². The zero-order chi connectivity index (χ0) is 60.1. The zero-order valence-electron chi connectivity index (χ0n) is 51.1. The second-order valence-electron chi connectivity index (χ2n) is 21.8. The van der Waals surface area contributed by atoms with Crippen LogP contribution < -0.4 is 0 Å². The maximum absolute atomic E-state index is 13.1. The van der Waals surface area contributed by atoms with E-state index in [4.69, 9.17) is 28.4 Å². The molecule has 2 heterocycles. The normalized spacial score (nSPS) is 24.3. The average molecular weight is 1170 g/mol. The minimum absolute atomic E-state index is 0.0423. The standard InChI is InChI=1S/C69H114O14/c1-3-5-7-9-11-13-15-17-19-21-23-25-27-28-29-31-33-35-37-39-41-43-45-47-49-51-53-78-55-58(56-79-68-67(77)65(75)63(73)60(83-68)57-80-69-66(76)64(74)62(72)59(54-70)82-69)81-61(71)52-50-48-46-44-42-40-38-36-34-32-30-26-24-22-20-18-16-14-12-10-8-6-4-2/h5-8,11-14,17-20,23-26,32,34,38,40,58-60,62-70,72-77H,3-4,9-10,15-16,21-22,27-31,33,35-37,39,41-57H2,1-2H3/b7-5-,8-6-,13-11-,14-12-,19-17-,20-18-,25-23-,26-24-,34-32-,40-38-. The highest BCUT2D eigenvalue weighted by Crippen LogP contribution is 2.27. The molecule has 0 radical (unpaired) electrons. The van der Waals surface area contributed by atoms with Crippen molar-refractivity contribution in [2.24, 2.45) is 0 Å². The molecule has 11 atom stereocenters. The predicted octanol–water partition coefficient (Wildman–Crippen LogP) is 12.9. The summed E-state index contributed by atoms with van der Waals surface area (Å²) >= 11 is 0. The molecular formula is C69H114O14. The monoisotopic (exact) mass is 1170 g/mol. The molecule has 2 rings (SSSR count). The lowest BCUT2D eigenvalue weighted by molar-refractivity contribution is -0.332. The third-order valence-electron chi connectivity index (χ3n) is 14.5. The summed E-state index contributed by atoms with van der Waals surface area (Å²) in [6.07, 6.45) is 59.7. The van der Waals surface area contributed by atoms with Crippen LogP contribution in [0.2, 0.25) is 0 Å². The molecule has 14 nitrogen and oxygen atoms in total. The van der Waals surface area contributed by atoms with Crippen molar-refractivity contribution in [3.8, 4) is 0 Å². The van der Waals surface area contributed by atoms with E-state index in [1.165, 1.54) is 70.6 Å². The molecule has 0 spiro atoms. The van der Waals surface area contributed by atoms with Crippen LogP contribution in [-0.2, 0) is 33.2 Å². The van der Waals surface area contributed by atoms with Crippen molar-refractivity contribution in [2.75, 3.05) is 33.0 Å². The first-order valence-corrected chi connectivity index (χ1v) is 32.1. The van der Waals surface area contributed by atoms with Gasteiger partial charge < -0.3 is 64.2 Å². The maximum atomic E-state index is 13.1. The lowest BCUT2D eigenvalue weighted by Crippen LogP contribution is -2.61. The summed E-state index contributed by atoms with van der Waals surface area (Å²) in [5.41, 5.74) is 0. The second-order valence-corrected chi connectivity index (χ2v) is 21.8. The molecular weight excluding hydrogens is 1050 g/mol. The number of hydrogen-bond donors (Lipinski definition) is 7. The molecule has 474 valence electrons. The number of aliphatic hydroxyl groups is 7. The van der Waals surface area contributed by atoms with Crippen LogP contribution in [0, 0.1) is 0 Å². The van der Waals surface area contributed by atoms with E-state index in [9.17, 15) is 40.5 Å². The topological polar surface area (TPSA) is 214 Å². The second kappa shape index (κ2) is 53.8. The number of allylic oxidation sites excluding steroid dienone is 20. The molecule has 0 amide bonds. The van der Waals surface area contributed by atoms with Gasteiger partial charge in [-0.2, -0.15) is 0 Å². The smallest absolute Gasteiger partial charge is 0.306 e. The summed E-state index contributed by atoms with van der Waals surface area (Å²) < 4.78 is 34.5. The Labute approximate surface area is 501 Å². The van der Waals surface area contributed by atoms with Crippen LogP contribution in [0.25, 0.3) is 0 Å². The van der Waals surface area contributed by atoms with E-state index in [2.05, 4.69) is 135 Å². The van der Waals surface area contributed by atoms with E-state index >= 15 is 0 Å². The Bertz CT molecular complexity index is 1830. The lowest BCUT2D eigenvalue weighted by atomic mass is 9.98. The number of esters is 1. The number of carbonyl (C=O) groups excluding carboxylic acids is 1. The summed E-state index contributed by atoms with van der Waals surface area (Å²) in [5.74, 6) is -0.404. The van der Waals surface area contributed by atoms with Crippen LogP contribution in [0.4, 0.5) is 0 Å². The van der Waals surface area contributed by atoms with Crippen molar-refractivity contribution >= 4 is 5.97 Å². The number of aliphatic hydroxyl groups excluding tert-OH is 7. The molecule has 0 bridgehead atoms. The van der Waals surface area contributed by atoms with Gasteiger partial charge in [0.25, 0.3) is 0 Å². The summed E-state index contributed by atoms with van der Waals surface area (Å²) in [6, 6.07) is 0. The van der Waals surface area contributed by atoms with Crippen LogP contribution in [0.1, 0.15) is 206 Å². The number of carbonyl (C=O) groups is 1. The molecule has 0 aromatic heterocycles. The SMILES string of the molecule is CC/C=C\C/C=C\C/C=C\C/C=C\C/C=C\C/C=C\CCCCCCC(=O)OC(COCCCCCCCCCCCCCCC/C=C\C/C=C\C/C=C\C/C=C\CC)COC1OC(COC2OC(CO)C(O)C(O)C2O)C(O)C(O)C1O. The van der Waals surface area contributed by atoms with Gasteiger partial charge in [-0.25, -0.2) is 0 Å². The van der Waals surface area contributed by atoms with Crippen molar-refractivity contribution in [3.63, 3.8) is 0 Å². The summed E-state index contributed by atoms with van der Waals surface area (Å²) in [7, 11) is 0. The number of hydrogen-bond acceptors (Lipinski definition) is 14. The molecule has 0 aliphatic carbocycles.